The van der Waals surface area contributed by atoms with Crippen LogP contribution in [0, 0.1) is 28.1 Å². The predicted molar refractivity (Wildman–Crippen MR) is 118 cm³/mol. The van der Waals surface area contributed by atoms with Gasteiger partial charge in [-0.15, -0.1) is 0 Å². The van der Waals surface area contributed by atoms with Crippen LogP contribution in [0.4, 0.5) is 18.9 Å². The summed E-state index contributed by atoms with van der Waals surface area (Å²) < 4.78 is 40.5. The van der Waals surface area contributed by atoms with Gasteiger partial charge in [-0.2, -0.15) is 18.4 Å². The number of carbonyl (C=O) groups excluding carboxylic acids is 2. The quantitative estimate of drug-likeness (QED) is 0.669. The number of alkyl halides is 3. The van der Waals surface area contributed by atoms with E-state index in [0.29, 0.717) is 44.7 Å². The highest BCUT2D eigenvalue weighted by molar-refractivity contribution is 5.82. The van der Waals surface area contributed by atoms with Gasteiger partial charge in [-0.25, -0.2) is 0 Å². The van der Waals surface area contributed by atoms with Crippen molar-refractivity contribution < 1.29 is 22.8 Å². The molecule has 1 spiro atoms. The number of halogens is 3. The van der Waals surface area contributed by atoms with Gasteiger partial charge >= 0.3 is 6.18 Å². The van der Waals surface area contributed by atoms with Crippen LogP contribution in [0.5, 0.6) is 0 Å². The van der Waals surface area contributed by atoms with Crippen molar-refractivity contribution in [3.05, 3.63) is 29.3 Å². The largest absolute Gasteiger partial charge is 0.417 e. The molecule has 1 atom stereocenters. The number of piperidine rings is 1. The Morgan fingerprint density at radius 3 is 2.24 bits per heavy atom. The van der Waals surface area contributed by atoms with Crippen molar-refractivity contribution in [2.75, 3.05) is 45.2 Å². The van der Waals surface area contributed by atoms with E-state index in [0.717, 1.165) is 6.07 Å². The van der Waals surface area contributed by atoms with Crippen LogP contribution in [-0.4, -0.2) is 61.9 Å². The first-order valence-corrected chi connectivity index (χ1v) is 11.1. The molecule has 2 aliphatic heterocycles. The van der Waals surface area contributed by atoms with E-state index in [1.165, 1.54) is 17.0 Å². The molecular weight excluding hydrogens is 433 g/mol. The maximum Gasteiger partial charge on any atom is 0.417 e. The van der Waals surface area contributed by atoms with Gasteiger partial charge in [-0.3, -0.25) is 9.59 Å². The standard InChI is InChI=1S/C24H31F3N4O2/c1-22(2,3)21(33)30-10-8-23(9-11-30)15-31(14-19(23)20(32)29(4)5)17-7-6-16(13-28)18(12-17)24(25,26)27/h6-7,12,19H,8-11,14-15H2,1-5H3. The van der Waals surface area contributed by atoms with Gasteiger partial charge in [-0.05, 0) is 31.0 Å². The van der Waals surface area contributed by atoms with Crippen LogP contribution in [0.15, 0.2) is 18.2 Å². The minimum absolute atomic E-state index is 0.0576. The maximum absolute atomic E-state index is 13.5. The normalized spacial score (nSPS) is 20.6. The number of carbonyl (C=O) groups is 2. The highest BCUT2D eigenvalue weighted by Gasteiger charge is 2.52. The molecule has 0 radical (unpaired) electrons. The second kappa shape index (κ2) is 8.54. The second-order valence-electron chi connectivity index (χ2n) is 10.4. The first-order chi connectivity index (χ1) is 15.2. The van der Waals surface area contributed by atoms with E-state index in [1.54, 1.807) is 20.2 Å². The fourth-order valence-electron chi connectivity index (χ4n) is 5.01. The van der Waals surface area contributed by atoms with Crippen LogP contribution < -0.4 is 4.90 Å². The fourth-order valence-corrected chi connectivity index (χ4v) is 5.01. The molecule has 1 unspecified atom stereocenters. The zero-order valence-electron chi connectivity index (χ0n) is 19.8. The molecule has 0 bridgehead atoms. The molecule has 0 saturated carbocycles. The van der Waals surface area contributed by atoms with Crippen molar-refractivity contribution in [3.63, 3.8) is 0 Å². The van der Waals surface area contributed by atoms with E-state index in [4.69, 9.17) is 5.26 Å². The summed E-state index contributed by atoms with van der Waals surface area (Å²) in [6, 6.07) is 5.32. The van der Waals surface area contributed by atoms with Crippen molar-refractivity contribution in [3.8, 4) is 6.07 Å². The van der Waals surface area contributed by atoms with Gasteiger partial charge in [0.1, 0.15) is 0 Å². The van der Waals surface area contributed by atoms with Crippen LogP contribution in [0.1, 0.15) is 44.7 Å². The van der Waals surface area contributed by atoms with E-state index in [-0.39, 0.29) is 17.7 Å². The third-order valence-electron chi connectivity index (χ3n) is 6.87. The average molecular weight is 465 g/mol. The molecule has 6 nitrogen and oxygen atoms in total. The van der Waals surface area contributed by atoms with Gasteiger partial charge in [0, 0.05) is 56.8 Å². The van der Waals surface area contributed by atoms with E-state index >= 15 is 0 Å². The van der Waals surface area contributed by atoms with E-state index in [1.807, 2.05) is 30.6 Å². The Bertz CT molecular complexity index is 967. The molecule has 1 aromatic carbocycles. The third kappa shape index (κ3) is 4.80. The molecule has 2 amide bonds. The zero-order valence-corrected chi connectivity index (χ0v) is 19.8. The van der Waals surface area contributed by atoms with Crippen molar-refractivity contribution in [1.82, 2.24) is 9.80 Å². The maximum atomic E-state index is 13.5. The second-order valence-corrected chi connectivity index (χ2v) is 10.4. The summed E-state index contributed by atoms with van der Waals surface area (Å²) in [5, 5.41) is 9.09. The number of hydrogen-bond donors (Lipinski definition) is 0. The Kier molecular flexibility index (Phi) is 6.44. The van der Waals surface area contributed by atoms with Gasteiger partial charge in [0.25, 0.3) is 0 Å². The molecule has 3 rings (SSSR count). The number of rotatable bonds is 2. The molecule has 180 valence electrons. The first kappa shape index (κ1) is 24.9. The molecule has 33 heavy (non-hydrogen) atoms. The number of benzene rings is 1. The van der Waals surface area contributed by atoms with E-state index < -0.39 is 28.1 Å². The number of nitrogens with zero attached hydrogens (tertiary/aromatic N) is 4. The average Bonchev–Trinajstić information content (AvgIpc) is 3.10. The van der Waals surface area contributed by atoms with E-state index in [2.05, 4.69) is 0 Å². The van der Waals surface area contributed by atoms with Crippen LogP contribution >= 0.6 is 0 Å². The Morgan fingerprint density at radius 1 is 1.15 bits per heavy atom. The lowest BCUT2D eigenvalue weighted by molar-refractivity contribution is -0.144. The summed E-state index contributed by atoms with van der Waals surface area (Å²) in [6.07, 6.45) is -3.42. The summed E-state index contributed by atoms with van der Waals surface area (Å²) in [5.41, 5.74) is -1.97. The van der Waals surface area contributed by atoms with Crippen molar-refractivity contribution in [1.29, 1.82) is 5.26 Å². The lowest BCUT2D eigenvalue weighted by Crippen LogP contribution is -2.51. The lowest BCUT2D eigenvalue weighted by atomic mass is 9.70. The lowest BCUT2D eigenvalue weighted by Gasteiger charge is -2.44. The van der Waals surface area contributed by atoms with Crippen LogP contribution in [0.3, 0.4) is 0 Å². The van der Waals surface area contributed by atoms with Crippen LogP contribution in [-0.2, 0) is 15.8 Å². The number of amides is 2. The minimum Gasteiger partial charge on any atom is -0.370 e. The van der Waals surface area contributed by atoms with Crippen molar-refractivity contribution in [2.45, 2.75) is 39.8 Å². The minimum atomic E-state index is -4.64. The molecule has 0 aliphatic carbocycles. The Balaban J connectivity index is 1.91. The Morgan fingerprint density at radius 2 is 1.76 bits per heavy atom. The van der Waals surface area contributed by atoms with E-state index in [9.17, 15) is 22.8 Å². The SMILES string of the molecule is CN(C)C(=O)C1CN(c2ccc(C#N)c(C(F)(F)F)c2)CC12CCN(C(=O)C(C)(C)C)CC2. The topological polar surface area (TPSA) is 67.7 Å². The summed E-state index contributed by atoms with van der Waals surface area (Å²) >= 11 is 0. The van der Waals surface area contributed by atoms with Crippen molar-refractivity contribution >= 4 is 17.5 Å². The number of nitriles is 1. The molecule has 9 heteroatoms. The number of likely N-dealkylation sites (tertiary alicyclic amines) is 1. The number of anilines is 1. The van der Waals surface area contributed by atoms with Crippen LogP contribution in [0.25, 0.3) is 0 Å². The van der Waals surface area contributed by atoms with Gasteiger partial charge in [0.15, 0.2) is 0 Å². The summed E-state index contributed by atoms with van der Waals surface area (Å²) in [5.74, 6) is -0.383. The molecule has 2 heterocycles. The van der Waals surface area contributed by atoms with Crippen LogP contribution in [0.2, 0.25) is 0 Å². The Labute approximate surface area is 192 Å². The summed E-state index contributed by atoms with van der Waals surface area (Å²) in [4.78, 5) is 31.0. The Hall–Kier alpha value is -2.76. The van der Waals surface area contributed by atoms with Gasteiger partial charge in [-0.1, -0.05) is 20.8 Å². The predicted octanol–water partition coefficient (Wildman–Crippen LogP) is 3.76. The highest BCUT2D eigenvalue weighted by Crippen LogP contribution is 2.47. The highest BCUT2D eigenvalue weighted by atomic mass is 19.4. The molecule has 1 aromatic rings. The van der Waals surface area contributed by atoms with Crippen molar-refractivity contribution in [2.24, 2.45) is 16.7 Å². The molecule has 2 aliphatic rings. The number of hydrogen-bond acceptors (Lipinski definition) is 4. The molecule has 0 aromatic heterocycles. The van der Waals surface area contributed by atoms with Gasteiger partial charge in [0.2, 0.25) is 11.8 Å². The van der Waals surface area contributed by atoms with Gasteiger partial charge < -0.3 is 14.7 Å². The molecule has 2 saturated heterocycles. The third-order valence-corrected chi connectivity index (χ3v) is 6.87. The zero-order chi connectivity index (χ0) is 24.8. The molecule has 0 N–H and O–H groups in total. The fraction of sp³-hybridized carbons (Fsp3) is 0.625. The first-order valence-electron chi connectivity index (χ1n) is 11.1. The molecule has 2 fully saturated rings. The monoisotopic (exact) mass is 464 g/mol. The van der Waals surface area contributed by atoms with Gasteiger partial charge in [0.05, 0.1) is 23.1 Å². The molecular formula is C24H31F3N4O2. The smallest absolute Gasteiger partial charge is 0.370 e. The summed E-state index contributed by atoms with van der Waals surface area (Å²) in [6.45, 7) is 7.38. The summed E-state index contributed by atoms with van der Waals surface area (Å²) in [7, 11) is 3.36.